The zero-order chi connectivity index (χ0) is 13.2. The first-order valence-electron chi connectivity index (χ1n) is 6.57. The number of aromatic nitrogens is 2. The first-order chi connectivity index (χ1) is 9.26. The number of aromatic amines is 1. The highest BCUT2D eigenvalue weighted by Crippen LogP contribution is 2.20. The molecule has 4 nitrogen and oxygen atoms in total. The Morgan fingerprint density at radius 1 is 1.47 bits per heavy atom. The lowest BCUT2D eigenvalue weighted by Crippen LogP contribution is -2.27. The van der Waals surface area contributed by atoms with E-state index in [0.717, 1.165) is 36.2 Å². The number of rotatable bonds is 4. The van der Waals surface area contributed by atoms with Crippen LogP contribution < -0.4 is 0 Å². The maximum Gasteiger partial charge on any atom is 0.222 e. The van der Waals surface area contributed by atoms with Gasteiger partial charge in [-0.05, 0) is 29.7 Å². The van der Waals surface area contributed by atoms with E-state index in [0.29, 0.717) is 12.3 Å². The number of fused-ring (bicyclic) bond motifs is 1. The van der Waals surface area contributed by atoms with Crippen LogP contribution in [0.5, 0.6) is 0 Å². The van der Waals surface area contributed by atoms with Crippen LogP contribution in [0, 0.1) is 5.92 Å². The molecule has 19 heavy (non-hydrogen) atoms. The molecule has 1 fully saturated rings. The molecule has 0 spiro atoms. The van der Waals surface area contributed by atoms with Gasteiger partial charge >= 0.3 is 0 Å². The predicted octanol–water partition coefficient (Wildman–Crippen LogP) is 1.88. The fourth-order valence-corrected chi connectivity index (χ4v) is 2.84. The minimum Gasteiger partial charge on any atom is -0.342 e. The SMILES string of the molecule is O=C1CC(CS)CN1CCc1ccc2cn[nH]c2c1. The van der Waals surface area contributed by atoms with Crippen molar-refractivity contribution in [1.82, 2.24) is 15.1 Å². The predicted molar refractivity (Wildman–Crippen MR) is 78.3 cm³/mol. The maximum atomic E-state index is 11.8. The molecule has 1 aromatic carbocycles. The third-order valence-corrected chi connectivity index (χ3v) is 4.25. The number of amides is 1. The van der Waals surface area contributed by atoms with Crippen molar-refractivity contribution >= 4 is 29.4 Å². The van der Waals surface area contributed by atoms with E-state index in [2.05, 4.69) is 41.0 Å². The second-order valence-corrected chi connectivity index (χ2v) is 5.50. The molecule has 1 unspecified atom stereocenters. The third-order valence-electron chi connectivity index (χ3n) is 3.73. The van der Waals surface area contributed by atoms with Crippen molar-refractivity contribution in [2.24, 2.45) is 5.92 Å². The smallest absolute Gasteiger partial charge is 0.222 e. The van der Waals surface area contributed by atoms with E-state index in [9.17, 15) is 4.79 Å². The van der Waals surface area contributed by atoms with Crippen LogP contribution in [0.2, 0.25) is 0 Å². The zero-order valence-electron chi connectivity index (χ0n) is 10.7. The number of carbonyl (C=O) groups excluding carboxylic acids is 1. The molecule has 1 N–H and O–H groups in total. The second kappa shape index (κ2) is 5.25. The molecular weight excluding hydrogens is 258 g/mol. The van der Waals surface area contributed by atoms with Gasteiger partial charge in [0, 0.05) is 24.9 Å². The number of H-pyrrole nitrogens is 1. The first-order valence-corrected chi connectivity index (χ1v) is 7.20. The molecule has 5 heteroatoms. The van der Waals surface area contributed by atoms with Crippen LogP contribution in [0.3, 0.4) is 0 Å². The van der Waals surface area contributed by atoms with E-state index in [1.54, 1.807) is 0 Å². The molecular formula is C14H17N3OS. The van der Waals surface area contributed by atoms with Crippen LogP contribution in [0.4, 0.5) is 0 Å². The van der Waals surface area contributed by atoms with E-state index >= 15 is 0 Å². The van der Waals surface area contributed by atoms with Gasteiger partial charge in [-0.2, -0.15) is 17.7 Å². The Balaban J connectivity index is 1.64. The summed E-state index contributed by atoms with van der Waals surface area (Å²) in [6, 6.07) is 6.28. The number of carbonyl (C=O) groups is 1. The van der Waals surface area contributed by atoms with Gasteiger partial charge in [-0.1, -0.05) is 12.1 Å². The molecule has 1 aliphatic rings. The number of hydrogen-bond acceptors (Lipinski definition) is 3. The van der Waals surface area contributed by atoms with Gasteiger partial charge in [0.05, 0.1) is 11.7 Å². The monoisotopic (exact) mass is 275 g/mol. The highest BCUT2D eigenvalue weighted by atomic mass is 32.1. The largest absolute Gasteiger partial charge is 0.342 e. The van der Waals surface area contributed by atoms with E-state index in [-0.39, 0.29) is 5.91 Å². The molecule has 1 amide bonds. The molecule has 0 radical (unpaired) electrons. The van der Waals surface area contributed by atoms with Crippen molar-refractivity contribution < 1.29 is 4.79 Å². The Kier molecular flexibility index (Phi) is 3.46. The Morgan fingerprint density at radius 2 is 2.37 bits per heavy atom. The van der Waals surface area contributed by atoms with Gasteiger partial charge in [0.15, 0.2) is 0 Å². The third kappa shape index (κ3) is 2.61. The van der Waals surface area contributed by atoms with E-state index < -0.39 is 0 Å². The Hall–Kier alpha value is -1.49. The van der Waals surface area contributed by atoms with Crippen molar-refractivity contribution in [2.45, 2.75) is 12.8 Å². The standard InChI is InChI=1S/C14H17N3OS/c18-14-6-11(9-19)8-17(14)4-3-10-1-2-12-7-15-16-13(12)5-10/h1-2,5,7,11,19H,3-4,6,8-9H2,(H,15,16). The summed E-state index contributed by atoms with van der Waals surface area (Å²) in [7, 11) is 0. The molecule has 1 aliphatic heterocycles. The van der Waals surface area contributed by atoms with Crippen LogP contribution in [-0.2, 0) is 11.2 Å². The van der Waals surface area contributed by atoms with Gasteiger partial charge in [-0.15, -0.1) is 0 Å². The van der Waals surface area contributed by atoms with Gasteiger partial charge in [-0.3, -0.25) is 9.89 Å². The number of nitrogens with zero attached hydrogens (tertiary/aromatic N) is 2. The summed E-state index contributed by atoms with van der Waals surface area (Å²) in [5, 5.41) is 8.11. The van der Waals surface area contributed by atoms with Crippen LogP contribution in [-0.4, -0.2) is 39.8 Å². The number of likely N-dealkylation sites (tertiary alicyclic amines) is 1. The van der Waals surface area contributed by atoms with Crippen molar-refractivity contribution in [3.63, 3.8) is 0 Å². The maximum absolute atomic E-state index is 11.8. The minimum atomic E-state index is 0.265. The fourth-order valence-electron chi connectivity index (χ4n) is 2.60. The van der Waals surface area contributed by atoms with Gasteiger partial charge in [-0.25, -0.2) is 0 Å². The highest BCUT2D eigenvalue weighted by molar-refractivity contribution is 7.80. The molecule has 0 saturated carbocycles. The highest BCUT2D eigenvalue weighted by Gasteiger charge is 2.27. The average molecular weight is 275 g/mol. The number of hydrogen-bond donors (Lipinski definition) is 2. The van der Waals surface area contributed by atoms with E-state index in [1.165, 1.54) is 5.56 Å². The summed E-state index contributed by atoms with van der Waals surface area (Å²) in [6.07, 6.45) is 3.36. The lowest BCUT2D eigenvalue weighted by atomic mass is 10.1. The van der Waals surface area contributed by atoms with Crippen LogP contribution in [0.15, 0.2) is 24.4 Å². The van der Waals surface area contributed by atoms with E-state index in [1.807, 2.05) is 11.1 Å². The van der Waals surface area contributed by atoms with E-state index in [4.69, 9.17) is 0 Å². The molecule has 2 aromatic rings. The average Bonchev–Trinajstić information content (AvgIpc) is 3.02. The molecule has 2 heterocycles. The van der Waals surface area contributed by atoms with Gasteiger partial charge in [0.25, 0.3) is 0 Å². The van der Waals surface area contributed by atoms with Crippen LogP contribution >= 0.6 is 12.6 Å². The van der Waals surface area contributed by atoms with Gasteiger partial charge in [0.1, 0.15) is 0 Å². The first kappa shape index (κ1) is 12.5. The van der Waals surface area contributed by atoms with Crippen LogP contribution in [0.25, 0.3) is 10.9 Å². The van der Waals surface area contributed by atoms with Crippen molar-refractivity contribution in [1.29, 1.82) is 0 Å². The Labute approximate surface area is 117 Å². The quantitative estimate of drug-likeness (QED) is 0.837. The van der Waals surface area contributed by atoms with Crippen molar-refractivity contribution in [3.8, 4) is 0 Å². The zero-order valence-corrected chi connectivity index (χ0v) is 11.6. The summed E-state index contributed by atoms with van der Waals surface area (Å²) in [4.78, 5) is 13.8. The summed E-state index contributed by atoms with van der Waals surface area (Å²) in [5.41, 5.74) is 2.29. The number of benzene rings is 1. The minimum absolute atomic E-state index is 0.265. The lowest BCUT2D eigenvalue weighted by molar-refractivity contribution is -0.127. The molecule has 1 saturated heterocycles. The summed E-state index contributed by atoms with van der Waals surface area (Å²) in [6.45, 7) is 1.65. The Morgan fingerprint density at radius 3 is 3.16 bits per heavy atom. The van der Waals surface area contributed by atoms with Gasteiger partial charge in [0.2, 0.25) is 5.91 Å². The topological polar surface area (TPSA) is 49.0 Å². The molecule has 100 valence electrons. The molecule has 0 bridgehead atoms. The molecule has 0 aliphatic carbocycles. The fraction of sp³-hybridized carbons (Fsp3) is 0.429. The lowest BCUT2D eigenvalue weighted by Gasteiger charge is -2.16. The summed E-state index contributed by atoms with van der Waals surface area (Å²) in [5.74, 6) is 1.48. The van der Waals surface area contributed by atoms with Crippen LogP contribution in [0.1, 0.15) is 12.0 Å². The summed E-state index contributed by atoms with van der Waals surface area (Å²) < 4.78 is 0. The molecule has 3 rings (SSSR count). The summed E-state index contributed by atoms with van der Waals surface area (Å²) >= 11 is 4.28. The number of nitrogens with one attached hydrogen (secondary N) is 1. The normalized spacial score (nSPS) is 19.5. The van der Waals surface area contributed by atoms with Crippen molar-refractivity contribution in [2.75, 3.05) is 18.8 Å². The molecule has 1 aromatic heterocycles. The van der Waals surface area contributed by atoms with Gasteiger partial charge < -0.3 is 4.90 Å². The molecule has 1 atom stereocenters. The second-order valence-electron chi connectivity index (χ2n) is 5.13. The Bertz CT molecular complexity index is 595. The van der Waals surface area contributed by atoms with Crippen molar-refractivity contribution in [3.05, 3.63) is 30.0 Å². The number of thiol groups is 1.